The lowest BCUT2D eigenvalue weighted by Gasteiger charge is -2.08. The van der Waals surface area contributed by atoms with Gasteiger partial charge in [0.25, 0.3) is 0 Å². The number of aromatic nitrogens is 2. The largest absolute Gasteiger partial charge is 0.441 e. The van der Waals surface area contributed by atoms with E-state index in [9.17, 15) is 9.18 Å². The van der Waals surface area contributed by atoms with Crippen molar-refractivity contribution in [1.29, 1.82) is 0 Å². The molecule has 0 fully saturated rings. The van der Waals surface area contributed by atoms with Crippen LogP contribution in [0, 0.1) is 5.82 Å². The molecular weight excluding hydrogens is 397 g/mol. The van der Waals surface area contributed by atoms with E-state index in [0.29, 0.717) is 36.2 Å². The van der Waals surface area contributed by atoms with Gasteiger partial charge in [-0.2, -0.15) is 0 Å². The van der Waals surface area contributed by atoms with Crippen LogP contribution in [-0.4, -0.2) is 15.9 Å². The molecule has 1 amide bonds. The number of carbonyl (C=O) groups is 1. The molecule has 0 bridgehead atoms. The third-order valence-electron chi connectivity index (χ3n) is 4.50. The summed E-state index contributed by atoms with van der Waals surface area (Å²) >= 11 is 0. The summed E-state index contributed by atoms with van der Waals surface area (Å²) in [5, 5.41) is 2.86. The lowest BCUT2D eigenvalue weighted by molar-refractivity contribution is -0.121. The monoisotopic (exact) mass is 417 g/mol. The molecule has 4 rings (SSSR count). The van der Waals surface area contributed by atoms with E-state index in [2.05, 4.69) is 15.3 Å². The fourth-order valence-corrected chi connectivity index (χ4v) is 2.91. The molecule has 0 spiro atoms. The number of ether oxygens (including phenoxy) is 1. The number of halogens is 1. The van der Waals surface area contributed by atoms with Gasteiger partial charge >= 0.3 is 0 Å². The molecule has 0 radical (unpaired) electrons. The minimum Gasteiger partial charge on any atom is -0.441 e. The van der Waals surface area contributed by atoms with E-state index in [-0.39, 0.29) is 18.1 Å². The molecule has 2 heterocycles. The summed E-state index contributed by atoms with van der Waals surface area (Å²) in [5.74, 6) is 1.60. The van der Waals surface area contributed by atoms with Crippen molar-refractivity contribution >= 4 is 5.91 Å². The maximum absolute atomic E-state index is 13.0. The van der Waals surface area contributed by atoms with Crippen LogP contribution >= 0.6 is 0 Å². The van der Waals surface area contributed by atoms with Gasteiger partial charge in [-0.15, -0.1) is 0 Å². The lowest BCUT2D eigenvalue weighted by atomic mass is 10.2. The van der Waals surface area contributed by atoms with Crippen LogP contribution in [0.2, 0.25) is 0 Å². The number of benzene rings is 2. The number of hydrogen-bond acceptors (Lipinski definition) is 5. The number of amides is 1. The molecule has 31 heavy (non-hydrogen) atoms. The minimum atomic E-state index is -0.335. The highest BCUT2D eigenvalue weighted by Crippen LogP contribution is 2.21. The van der Waals surface area contributed by atoms with E-state index in [1.165, 1.54) is 24.3 Å². The smallest absolute Gasteiger partial charge is 0.220 e. The zero-order valence-electron chi connectivity index (χ0n) is 16.6. The first-order chi connectivity index (χ1) is 15.2. The first kappa shape index (κ1) is 20.3. The summed E-state index contributed by atoms with van der Waals surface area (Å²) in [5.41, 5.74) is 1.78. The first-order valence-electron chi connectivity index (χ1n) is 9.81. The molecule has 0 aliphatic heterocycles. The van der Waals surface area contributed by atoms with Crippen LogP contribution in [0.1, 0.15) is 17.9 Å². The van der Waals surface area contributed by atoms with Gasteiger partial charge in [0.1, 0.15) is 11.6 Å². The van der Waals surface area contributed by atoms with Crippen molar-refractivity contribution in [3.63, 3.8) is 0 Å². The van der Waals surface area contributed by atoms with E-state index in [1.807, 2.05) is 30.3 Å². The van der Waals surface area contributed by atoms with Crippen LogP contribution < -0.4 is 10.1 Å². The van der Waals surface area contributed by atoms with Crippen LogP contribution in [0.4, 0.5) is 4.39 Å². The van der Waals surface area contributed by atoms with E-state index < -0.39 is 0 Å². The second-order valence-corrected chi connectivity index (χ2v) is 6.82. The van der Waals surface area contributed by atoms with Gasteiger partial charge in [-0.3, -0.25) is 4.79 Å². The average molecular weight is 417 g/mol. The van der Waals surface area contributed by atoms with Crippen LogP contribution in [0.3, 0.4) is 0 Å². The second kappa shape index (κ2) is 9.67. The quantitative estimate of drug-likeness (QED) is 0.440. The van der Waals surface area contributed by atoms with Crippen molar-refractivity contribution in [3.8, 4) is 23.0 Å². The van der Waals surface area contributed by atoms with Crippen LogP contribution in [0.15, 0.2) is 83.5 Å². The minimum absolute atomic E-state index is 0.114. The Bertz CT molecular complexity index is 1140. The van der Waals surface area contributed by atoms with Crippen molar-refractivity contribution < 1.29 is 18.3 Å². The summed E-state index contributed by atoms with van der Waals surface area (Å²) in [6, 6.07) is 18.9. The van der Waals surface area contributed by atoms with Crippen molar-refractivity contribution in [3.05, 3.63) is 96.4 Å². The lowest BCUT2D eigenvalue weighted by Crippen LogP contribution is -2.23. The molecular formula is C24H20FN3O3. The van der Waals surface area contributed by atoms with Gasteiger partial charge in [-0.05, 0) is 35.9 Å². The third kappa shape index (κ3) is 5.76. The van der Waals surface area contributed by atoms with Crippen LogP contribution in [0.25, 0.3) is 11.3 Å². The Morgan fingerprint density at radius 3 is 2.65 bits per heavy atom. The zero-order chi connectivity index (χ0) is 21.5. The Balaban J connectivity index is 1.26. The molecule has 1 N–H and O–H groups in total. The van der Waals surface area contributed by atoms with E-state index in [4.69, 9.17) is 9.15 Å². The SMILES string of the molecule is O=C(CCc1ncc(-c2ccccc2)o1)NCc1ccnc(Oc2ccc(F)cc2)c1. The van der Waals surface area contributed by atoms with Gasteiger partial charge in [0.05, 0.1) is 6.20 Å². The highest BCUT2D eigenvalue weighted by atomic mass is 19.1. The molecule has 2 aromatic heterocycles. The molecule has 0 saturated heterocycles. The van der Waals surface area contributed by atoms with Crippen molar-refractivity contribution in [2.24, 2.45) is 0 Å². The molecule has 0 unspecified atom stereocenters. The van der Waals surface area contributed by atoms with E-state index in [0.717, 1.165) is 11.1 Å². The number of nitrogens with zero attached hydrogens (tertiary/aromatic N) is 2. The number of carbonyl (C=O) groups excluding carboxylic acids is 1. The molecule has 0 aliphatic rings. The highest BCUT2D eigenvalue weighted by molar-refractivity contribution is 5.76. The van der Waals surface area contributed by atoms with Gasteiger partial charge < -0.3 is 14.5 Å². The Morgan fingerprint density at radius 2 is 1.84 bits per heavy atom. The molecule has 6 nitrogen and oxygen atoms in total. The second-order valence-electron chi connectivity index (χ2n) is 6.82. The number of aryl methyl sites for hydroxylation is 1. The molecule has 0 atom stereocenters. The van der Waals surface area contributed by atoms with Crippen molar-refractivity contribution in [1.82, 2.24) is 15.3 Å². The number of pyridine rings is 1. The van der Waals surface area contributed by atoms with Crippen LogP contribution in [-0.2, 0) is 17.8 Å². The standard InChI is InChI=1S/C24H20FN3O3/c25-19-6-8-20(9-7-19)30-24-14-17(12-13-26-24)15-27-22(29)10-11-23-28-16-21(31-23)18-4-2-1-3-5-18/h1-9,12-14,16H,10-11,15H2,(H,27,29). The first-order valence-corrected chi connectivity index (χ1v) is 9.81. The number of rotatable bonds is 8. The van der Waals surface area contributed by atoms with E-state index in [1.54, 1.807) is 24.5 Å². The summed E-state index contributed by atoms with van der Waals surface area (Å²) < 4.78 is 24.3. The van der Waals surface area contributed by atoms with Crippen molar-refractivity contribution in [2.75, 3.05) is 0 Å². The summed E-state index contributed by atoms with van der Waals surface area (Å²) in [6.07, 6.45) is 3.94. The van der Waals surface area contributed by atoms with Gasteiger partial charge in [-0.1, -0.05) is 30.3 Å². The third-order valence-corrected chi connectivity index (χ3v) is 4.50. The molecule has 7 heteroatoms. The summed E-state index contributed by atoms with van der Waals surface area (Å²) in [6.45, 7) is 0.335. The average Bonchev–Trinajstić information content (AvgIpc) is 3.28. The maximum atomic E-state index is 13.0. The van der Waals surface area contributed by atoms with Gasteiger partial charge in [0.2, 0.25) is 11.8 Å². The summed E-state index contributed by atoms with van der Waals surface area (Å²) in [7, 11) is 0. The van der Waals surface area contributed by atoms with Gasteiger partial charge in [-0.25, -0.2) is 14.4 Å². The summed E-state index contributed by atoms with van der Waals surface area (Å²) in [4.78, 5) is 20.6. The Hall–Kier alpha value is -4.00. The van der Waals surface area contributed by atoms with Gasteiger partial charge in [0, 0.05) is 37.2 Å². The van der Waals surface area contributed by atoms with Crippen molar-refractivity contribution in [2.45, 2.75) is 19.4 Å². The molecule has 4 aromatic rings. The van der Waals surface area contributed by atoms with E-state index >= 15 is 0 Å². The Labute approximate surface area is 178 Å². The maximum Gasteiger partial charge on any atom is 0.220 e. The molecule has 2 aromatic carbocycles. The molecule has 0 saturated carbocycles. The number of nitrogens with one attached hydrogen (secondary N) is 1. The normalized spacial score (nSPS) is 10.6. The predicted molar refractivity (Wildman–Crippen MR) is 113 cm³/mol. The topological polar surface area (TPSA) is 77.3 Å². The Morgan fingerprint density at radius 1 is 1.03 bits per heavy atom. The zero-order valence-corrected chi connectivity index (χ0v) is 16.6. The number of oxazole rings is 1. The van der Waals surface area contributed by atoms with Crippen LogP contribution in [0.5, 0.6) is 11.6 Å². The van der Waals surface area contributed by atoms with Gasteiger partial charge in [0.15, 0.2) is 11.7 Å². The fraction of sp³-hybridized carbons (Fsp3) is 0.125. The molecule has 0 aliphatic carbocycles. The highest BCUT2D eigenvalue weighted by Gasteiger charge is 2.09. The predicted octanol–water partition coefficient (Wildman–Crippen LogP) is 4.92. The molecule has 156 valence electrons. The number of hydrogen-bond donors (Lipinski definition) is 1. The fourth-order valence-electron chi connectivity index (χ4n) is 2.91. The Kier molecular flexibility index (Phi) is 6.32.